The molecule has 0 aliphatic carbocycles. The van der Waals surface area contributed by atoms with Crippen molar-refractivity contribution in [1.82, 2.24) is 10.0 Å². The lowest BCUT2D eigenvalue weighted by molar-refractivity contribution is 0.555. The van der Waals surface area contributed by atoms with Gasteiger partial charge in [0.05, 0.1) is 5.75 Å². The Kier molecular flexibility index (Phi) is 6.26. The first kappa shape index (κ1) is 16.4. The zero-order valence-electron chi connectivity index (χ0n) is 11.5. The van der Waals surface area contributed by atoms with Crippen LogP contribution in [0.5, 0.6) is 0 Å². The van der Waals surface area contributed by atoms with Gasteiger partial charge in [0.15, 0.2) is 0 Å². The Balaban J connectivity index is 2.57. The molecule has 2 N–H and O–H groups in total. The van der Waals surface area contributed by atoms with Crippen LogP contribution in [0, 0.1) is 0 Å². The van der Waals surface area contributed by atoms with E-state index in [0.717, 1.165) is 5.56 Å². The second-order valence-electron chi connectivity index (χ2n) is 4.82. The first-order chi connectivity index (χ1) is 8.80. The largest absolute Gasteiger partial charge is 0.313 e. The number of halogens is 1. The third-order valence-corrected chi connectivity index (χ3v) is 4.32. The summed E-state index contributed by atoms with van der Waals surface area (Å²) >= 11 is 5.89. The molecule has 1 unspecified atom stereocenters. The number of nitrogens with one attached hydrogen (secondary N) is 2. The molecule has 0 aromatic heterocycles. The number of benzene rings is 1. The summed E-state index contributed by atoms with van der Waals surface area (Å²) in [4.78, 5) is 0. The van der Waals surface area contributed by atoms with Crippen LogP contribution in [0.4, 0.5) is 0 Å². The van der Waals surface area contributed by atoms with Crippen LogP contribution in [-0.2, 0) is 10.0 Å². The molecule has 0 saturated heterocycles. The van der Waals surface area contributed by atoms with Crippen LogP contribution in [0.15, 0.2) is 24.3 Å². The summed E-state index contributed by atoms with van der Waals surface area (Å²) in [5.74, 6) is 0.0656. The Labute approximate surface area is 120 Å². The average molecular weight is 305 g/mol. The molecule has 1 aromatic rings. The third kappa shape index (κ3) is 6.38. The van der Waals surface area contributed by atoms with Gasteiger partial charge in [0.1, 0.15) is 0 Å². The van der Waals surface area contributed by atoms with Gasteiger partial charge in [0.25, 0.3) is 0 Å². The Hall–Kier alpha value is -0.620. The molecule has 0 aliphatic rings. The molecule has 1 aromatic carbocycles. The zero-order valence-corrected chi connectivity index (χ0v) is 13.1. The highest BCUT2D eigenvalue weighted by Gasteiger charge is 2.15. The molecule has 4 nitrogen and oxygen atoms in total. The van der Waals surface area contributed by atoms with Crippen molar-refractivity contribution in [2.45, 2.75) is 32.9 Å². The van der Waals surface area contributed by atoms with Crippen LogP contribution in [0.2, 0.25) is 5.02 Å². The van der Waals surface area contributed by atoms with E-state index in [9.17, 15) is 8.42 Å². The maximum Gasteiger partial charge on any atom is 0.213 e. The van der Waals surface area contributed by atoms with Gasteiger partial charge in [-0.1, -0.05) is 37.6 Å². The van der Waals surface area contributed by atoms with Crippen molar-refractivity contribution in [3.8, 4) is 0 Å². The summed E-state index contributed by atoms with van der Waals surface area (Å²) in [7, 11) is -3.29. The van der Waals surface area contributed by atoms with Gasteiger partial charge in [0.2, 0.25) is 10.0 Å². The van der Waals surface area contributed by atoms with Gasteiger partial charge in [-0.2, -0.15) is 0 Å². The fourth-order valence-corrected chi connectivity index (χ4v) is 3.03. The van der Waals surface area contributed by atoms with Gasteiger partial charge in [-0.3, -0.25) is 0 Å². The molecule has 6 heteroatoms. The van der Waals surface area contributed by atoms with Crippen molar-refractivity contribution >= 4 is 21.6 Å². The fourth-order valence-electron chi connectivity index (χ4n) is 1.65. The highest BCUT2D eigenvalue weighted by Crippen LogP contribution is 2.17. The Morgan fingerprint density at radius 2 is 1.95 bits per heavy atom. The molecule has 0 amide bonds. The SMILES string of the molecule is CC(C)NCCS(=O)(=O)NC(C)c1cccc(Cl)c1. The topological polar surface area (TPSA) is 58.2 Å². The van der Waals surface area contributed by atoms with Crippen molar-refractivity contribution in [1.29, 1.82) is 0 Å². The molecule has 0 spiro atoms. The predicted molar refractivity (Wildman–Crippen MR) is 79.9 cm³/mol. The van der Waals surface area contributed by atoms with Gasteiger partial charge >= 0.3 is 0 Å². The molecule has 1 atom stereocenters. The van der Waals surface area contributed by atoms with Crippen LogP contribution in [0.3, 0.4) is 0 Å². The van der Waals surface area contributed by atoms with E-state index in [-0.39, 0.29) is 17.8 Å². The van der Waals surface area contributed by atoms with Crippen LogP contribution in [-0.4, -0.2) is 26.8 Å². The van der Waals surface area contributed by atoms with Gasteiger partial charge in [-0.25, -0.2) is 13.1 Å². The number of hydrogen-bond donors (Lipinski definition) is 2. The molecule has 0 radical (unpaired) electrons. The molecule has 1 rings (SSSR count). The van der Waals surface area contributed by atoms with E-state index >= 15 is 0 Å². The molecule has 0 saturated carbocycles. The fraction of sp³-hybridized carbons (Fsp3) is 0.538. The second kappa shape index (κ2) is 7.24. The highest BCUT2D eigenvalue weighted by molar-refractivity contribution is 7.89. The maximum atomic E-state index is 11.9. The average Bonchev–Trinajstić information content (AvgIpc) is 2.27. The Morgan fingerprint density at radius 3 is 2.53 bits per heavy atom. The number of hydrogen-bond acceptors (Lipinski definition) is 3. The lowest BCUT2D eigenvalue weighted by Gasteiger charge is -2.15. The van der Waals surface area contributed by atoms with Crippen LogP contribution < -0.4 is 10.0 Å². The van der Waals surface area contributed by atoms with E-state index in [1.165, 1.54) is 0 Å². The molecule has 19 heavy (non-hydrogen) atoms. The quantitative estimate of drug-likeness (QED) is 0.813. The highest BCUT2D eigenvalue weighted by atomic mass is 35.5. The van der Waals surface area contributed by atoms with Crippen LogP contribution in [0.1, 0.15) is 32.4 Å². The maximum absolute atomic E-state index is 11.9. The first-order valence-corrected chi connectivity index (χ1v) is 8.32. The summed E-state index contributed by atoms with van der Waals surface area (Å²) in [5, 5.41) is 3.69. The monoisotopic (exact) mass is 304 g/mol. The summed E-state index contributed by atoms with van der Waals surface area (Å²) in [6.07, 6.45) is 0. The summed E-state index contributed by atoms with van der Waals surface area (Å²) in [6, 6.07) is 7.18. The molecule has 0 aliphatic heterocycles. The predicted octanol–water partition coefficient (Wildman–Crippen LogP) is 2.32. The normalized spacial score (nSPS) is 13.7. The molecule has 0 fully saturated rings. The number of sulfonamides is 1. The van der Waals surface area contributed by atoms with Gasteiger partial charge in [0, 0.05) is 23.7 Å². The van der Waals surface area contributed by atoms with E-state index in [2.05, 4.69) is 10.0 Å². The van der Waals surface area contributed by atoms with E-state index < -0.39 is 10.0 Å². The van der Waals surface area contributed by atoms with E-state index in [1.807, 2.05) is 26.0 Å². The van der Waals surface area contributed by atoms with Crippen molar-refractivity contribution in [3.63, 3.8) is 0 Å². The van der Waals surface area contributed by atoms with E-state index in [4.69, 9.17) is 11.6 Å². The summed E-state index contributed by atoms with van der Waals surface area (Å²) in [5.41, 5.74) is 0.855. The van der Waals surface area contributed by atoms with Gasteiger partial charge in [-0.15, -0.1) is 0 Å². The minimum atomic E-state index is -3.29. The smallest absolute Gasteiger partial charge is 0.213 e. The van der Waals surface area contributed by atoms with Crippen molar-refractivity contribution < 1.29 is 8.42 Å². The standard InChI is InChI=1S/C13H21ClN2O2S/c1-10(2)15-7-8-19(17,18)16-11(3)12-5-4-6-13(14)9-12/h4-6,9-11,15-16H,7-8H2,1-3H3. The Bertz CT molecular complexity index is 503. The number of rotatable bonds is 7. The van der Waals surface area contributed by atoms with Crippen molar-refractivity contribution in [3.05, 3.63) is 34.9 Å². The Morgan fingerprint density at radius 1 is 1.26 bits per heavy atom. The summed E-state index contributed by atoms with van der Waals surface area (Å²) < 4.78 is 26.4. The van der Waals surface area contributed by atoms with Crippen LogP contribution in [0.25, 0.3) is 0 Å². The second-order valence-corrected chi connectivity index (χ2v) is 7.13. The van der Waals surface area contributed by atoms with E-state index in [1.54, 1.807) is 19.1 Å². The van der Waals surface area contributed by atoms with Crippen molar-refractivity contribution in [2.24, 2.45) is 0 Å². The van der Waals surface area contributed by atoms with Crippen LogP contribution >= 0.6 is 11.6 Å². The molecule has 0 heterocycles. The first-order valence-electron chi connectivity index (χ1n) is 6.29. The zero-order chi connectivity index (χ0) is 14.5. The minimum Gasteiger partial charge on any atom is -0.313 e. The van der Waals surface area contributed by atoms with E-state index in [0.29, 0.717) is 11.6 Å². The lowest BCUT2D eigenvalue weighted by Crippen LogP contribution is -2.35. The van der Waals surface area contributed by atoms with Crippen molar-refractivity contribution in [2.75, 3.05) is 12.3 Å². The minimum absolute atomic E-state index is 0.0656. The lowest BCUT2D eigenvalue weighted by atomic mass is 10.1. The third-order valence-electron chi connectivity index (χ3n) is 2.63. The van der Waals surface area contributed by atoms with Gasteiger partial charge in [-0.05, 0) is 24.6 Å². The molecular formula is C13H21ClN2O2S. The molecule has 0 bridgehead atoms. The summed E-state index contributed by atoms with van der Waals surface area (Å²) in [6.45, 7) is 6.21. The molecular weight excluding hydrogens is 284 g/mol. The van der Waals surface area contributed by atoms with Gasteiger partial charge < -0.3 is 5.32 Å². The molecule has 108 valence electrons.